The summed E-state index contributed by atoms with van der Waals surface area (Å²) in [6, 6.07) is 0. The van der Waals surface area contributed by atoms with Crippen molar-refractivity contribution in [2.75, 3.05) is 26.4 Å². The highest BCUT2D eigenvalue weighted by atomic mass is 16.7. The fourth-order valence-corrected chi connectivity index (χ4v) is 6.30. The van der Waals surface area contributed by atoms with Crippen LogP contribution in [0.3, 0.4) is 0 Å². The van der Waals surface area contributed by atoms with Crippen LogP contribution >= 0.6 is 0 Å². The van der Waals surface area contributed by atoms with Gasteiger partial charge in [0.05, 0.1) is 19.8 Å². The van der Waals surface area contributed by atoms with Crippen LogP contribution in [-0.4, -0.2) is 32.2 Å². The molecular weight excluding hydrogens is 264 g/mol. The molecular formula is C18H30O3. The molecule has 4 bridgehead atoms. The third-order valence-electron chi connectivity index (χ3n) is 6.94. The molecule has 1 heterocycles. The summed E-state index contributed by atoms with van der Waals surface area (Å²) >= 11 is 0. The lowest BCUT2D eigenvalue weighted by Gasteiger charge is -2.47. The number of hydrogen-bond acceptors (Lipinski definition) is 3. The van der Waals surface area contributed by atoms with Crippen LogP contribution in [0.1, 0.15) is 58.8 Å². The third-order valence-corrected chi connectivity index (χ3v) is 6.94. The summed E-state index contributed by atoms with van der Waals surface area (Å²) in [5.41, 5.74) is 0.707. The van der Waals surface area contributed by atoms with E-state index in [1.165, 1.54) is 44.9 Å². The maximum atomic E-state index is 6.12. The van der Waals surface area contributed by atoms with E-state index < -0.39 is 0 Å². The highest BCUT2D eigenvalue weighted by molar-refractivity contribution is 5.17. The summed E-state index contributed by atoms with van der Waals surface area (Å²) in [7, 11) is 0. The Morgan fingerprint density at radius 2 is 1.95 bits per heavy atom. The van der Waals surface area contributed by atoms with Crippen molar-refractivity contribution in [1.29, 1.82) is 0 Å². The summed E-state index contributed by atoms with van der Waals surface area (Å²) < 4.78 is 18.3. The molecule has 1 aliphatic heterocycles. The minimum atomic E-state index is -0.321. The molecule has 4 atom stereocenters. The van der Waals surface area contributed by atoms with Gasteiger partial charge in [-0.1, -0.05) is 13.3 Å². The molecule has 21 heavy (non-hydrogen) atoms. The lowest BCUT2D eigenvalue weighted by Crippen LogP contribution is -2.49. The first-order valence-electron chi connectivity index (χ1n) is 8.97. The van der Waals surface area contributed by atoms with E-state index in [0.717, 1.165) is 38.3 Å². The van der Waals surface area contributed by atoms with Gasteiger partial charge in [-0.25, -0.2) is 0 Å². The molecule has 0 amide bonds. The summed E-state index contributed by atoms with van der Waals surface area (Å²) in [5.74, 6) is 1.36. The quantitative estimate of drug-likeness (QED) is 0.698. The predicted molar refractivity (Wildman–Crippen MR) is 81.0 cm³/mol. The Bertz CT molecular complexity index is 403. The monoisotopic (exact) mass is 294 g/mol. The minimum absolute atomic E-state index is 0.278. The van der Waals surface area contributed by atoms with Crippen LogP contribution in [0.5, 0.6) is 0 Å². The van der Waals surface area contributed by atoms with E-state index in [1.807, 2.05) is 0 Å². The Labute approximate surface area is 128 Å². The first kappa shape index (κ1) is 14.5. The molecule has 120 valence electrons. The van der Waals surface area contributed by atoms with Crippen molar-refractivity contribution in [3.63, 3.8) is 0 Å². The molecule has 0 radical (unpaired) electrons. The van der Waals surface area contributed by atoms with E-state index in [0.29, 0.717) is 5.41 Å². The molecule has 0 spiro atoms. The van der Waals surface area contributed by atoms with Crippen molar-refractivity contribution in [3.8, 4) is 0 Å². The van der Waals surface area contributed by atoms with Gasteiger partial charge in [0.25, 0.3) is 0 Å². The molecule has 0 N–H and O–H groups in total. The zero-order chi connectivity index (χ0) is 14.6. The predicted octanol–water partition coefficient (Wildman–Crippen LogP) is 3.76. The largest absolute Gasteiger partial charge is 0.381 e. The molecule has 1 saturated heterocycles. The van der Waals surface area contributed by atoms with Gasteiger partial charge in [0, 0.05) is 12.0 Å². The fraction of sp³-hybridized carbons (Fsp3) is 1.00. The van der Waals surface area contributed by atoms with Crippen molar-refractivity contribution in [3.05, 3.63) is 0 Å². The van der Waals surface area contributed by atoms with Crippen molar-refractivity contribution >= 4 is 0 Å². The van der Waals surface area contributed by atoms with Crippen LogP contribution in [-0.2, 0) is 14.2 Å². The highest BCUT2D eigenvalue weighted by Gasteiger charge is 2.71. The SMILES string of the molecule is CCCCOCC12CC3CC(C1)C(C1(C)OCCO1)(C3)C2. The molecule has 5 rings (SSSR count). The van der Waals surface area contributed by atoms with Gasteiger partial charge in [-0.2, -0.15) is 0 Å². The summed E-state index contributed by atoms with van der Waals surface area (Å²) in [4.78, 5) is 0. The van der Waals surface area contributed by atoms with Crippen molar-refractivity contribution in [2.24, 2.45) is 22.7 Å². The molecule has 4 unspecified atom stereocenters. The molecule has 0 aromatic rings. The number of rotatable bonds is 6. The Balaban J connectivity index is 1.51. The van der Waals surface area contributed by atoms with Gasteiger partial charge in [-0.3, -0.25) is 0 Å². The molecule has 3 nitrogen and oxygen atoms in total. The van der Waals surface area contributed by atoms with Crippen molar-refractivity contribution < 1.29 is 14.2 Å². The fourth-order valence-electron chi connectivity index (χ4n) is 6.30. The van der Waals surface area contributed by atoms with E-state index in [9.17, 15) is 0 Å². The first-order valence-corrected chi connectivity index (χ1v) is 8.97. The van der Waals surface area contributed by atoms with Gasteiger partial charge in [0.2, 0.25) is 0 Å². The third kappa shape index (κ3) is 2.04. The molecule has 5 aliphatic rings. The van der Waals surface area contributed by atoms with Crippen LogP contribution in [0, 0.1) is 22.7 Å². The second kappa shape index (κ2) is 4.94. The average Bonchev–Trinajstić information content (AvgIpc) is 3.06. The zero-order valence-electron chi connectivity index (χ0n) is 13.7. The van der Waals surface area contributed by atoms with Gasteiger partial charge in [0.15, 0.2) is 5.79 Å². The van der Waals surface area contributed by atoms with Gasteiger partial charge < -0.3 is 14.2 Å². The van der Waals surface area contributed by atoms with Gasteiger partial charge in [-0.15, -0.1) is 0 Å². The van der Waals surface area contributed by atoms with E-state index in [-0.39, 0.29) is 11.2 Å². The van der Waals surface area contributed by atoms with Crippen LogP contribution < -0.4 is 0 Å². The van der Waals surface area contributed by atoms with Crippen molar-refractivity contribution in [1.82, 2.24) is 0 Å². The lowest BCUT2D eigenvalue weighted by molar-refractivity contribution is -0.238. The molecule has 0 aromatic heterocycles. The summed E-state index contributed by atoms with van der Waals surface area (Å²) in [6.07, 6.45) is 9.14. The van der Waals surface area contributed by atoms with Crippen LogP contribution in [0.4, 0.5) is 0 Å². The van der Waals surface area contributed by atoms with E-state index >= 15 is 0 Å². The van der Waals surface area contributed by atoms with Gasteiger partial charge in [0.1, 0.15) is 0 Å². The smallest absolute Gasteiger partial charge is 0.171 e. The Hall–Kier alpha value is -0.120. The van der Waals surface area contributed by atoms with E-state index in [1.54, 1.807) is 0 Å². The van der Waals surface area contributed by atoms with E-state index in [2.05, 4.69) is 13.8 Å². The highest BCUT2D eigenvalue weighted by Crippen LogP contribution is 2.74. The van der Waals surface area contributed by atoms with E-state index in [4.69, 9.17) is 14.2 Å². The lowest BCUT2D eigenvalue weighted by atomic mass is 9.65. The topological polar surface area (TPSA) is 27.7 Å². The van der Waals surface area contributed by atoms with Crippen molar-refractivity contribution in [2.45, 2.75) is 64.6 Å². The van der Waals surface area contributed by atoms with Gasteiger partial charge in [-0.05, 0) is 62.7 Å². The second-order valence-electron chi connectivity index (χ2n) is 8.29. The second-order valence-corrected chi connectivity index (χ2v) is 8.29. The zero-order valence-corrected chi connectivity index (χ0v) is 13.7. The van der Waals surface area contributed by atoms with Gasteiger partial charge >= 0.3 is 0 Å². The molecule has 3 heteroatoms. The molecule has 4 aliphatic carbocycles. The number of hydrogen-bond donors (Lipinski definition) is 0. The van der Waals surface area contributed by atoms with Crippen LogP contribution in [0.25, 0.3) is 0 Å². The summed E-state index contributed by atoms with van der Waals surface area (Å²) in [6.45, 7) is 7.90. The normalized spacial score (nSPS) is 46.6. The Morgan fingerprint density at radius 1 is 1.14 bits per heavy atom. The Morgan fingerprint density at radius 3 is 2.71 bits per heavy atom. The number of ether oxygens (including phenoxy) is 3. The standard InChI is InChI=1S/C18H30O3/c1-3-4-5-19-13-17-9-14-8-15(11-17)18(10-14,12-17)16(2)20-6-7-21-16/h14-15H,3-13H2,1-2H3. The molecule has 0 aromatic carbocycles. The minimum Gasteiger partial charge on any atom is -0.381 e. The maximum absolute atomic E-state index is 6.12. The molecule has 5 fully saturated rings. The van der Waals surface area contributed by atoms with Crippen LogP contribution in [0.15, 0.2) is 0 Å². The van der Waals surface area contributed by atoms with Crippen LogP contribution in [0.2, 0.25) is 0 Å². The maximum Gasteiger partial charge on any atom is 0.171 e. The number of unbranched alkanes of at least 4 members (excludes halogenated alkanes) is 1. The Kier molecular flexibility index (Phi) is 3.40. The molecule has 4 saturated carbocycles. The average molecular weight is 294 g/mol. The first-order chi connectivity index (χ1) is 10.1. The summed E-state index contributed by atoms with van der Waals surface area (Å²) in [5, 5.41) is 0.